The Morgan fingerprint density at radius 3 is 2.48 bits per heavy atom. The second-order valence-electron chi connectivity index (χ2n) is 5.87. The Morgan fingerprint density at radius 1 is 1.30 bits per heavy atom. The second-order valence-corrected chi connectivity index (χ2v) is 5.87. The van der Waals surface area contributed by atoms with Crippen molar-refractivity contribution in [3.8, 4) is 5.75 Å². The maximum absolute atomic E-state index is 13.8. The van der Waals surface area contributed by atoms with Crippen molar-refractivity contribution in [1.82, 2.24) is 4.81 Å². The van der Waals surface area contributed by atoms with Crippen molar-refractivity contribution in [2.45, 2.75) is 25.7 Å². The predicted molar refractivity (Wildman–Crippen MR) is 85.1 cm³/mol. The van der Waals surface area contributed by atoms with Crippen LogP contribution in [0.2, 0.25) is 0 Å². The highest BCUT2D eigenvalue weighted by Gasteiger charge is 2.17. The van der Waals surface area contributed by atoms with E-state index in [9.17, 15) is 8.78 Å². The standard InChI is InChI=1S/C16H21BF2N2O2/c17-21-5-3-11(4-6-21)2-1-7-23-12-8-13(18)16(14(19)9-12)15(20)10-22/h8-9,11,20,22H,1-7,10H2. The molecule has 0 unspecified atom stereocenters. The second kappa shape index (κ2) is 8.40. The lowest BCUT2D eigenvalue weighted by molar-refractivity contribution is 0.241. The zero-order valence-electron chi connectivity index (χ0n) is 13.0. The van der Waals surface area contributed by atoms with Crippen molar-refractivity contribution in [3.05, 3.63) is 29.3 Å². The van der Waals surface area contributed by atoms with Crippen molar-refractivity contribution in [1.29, 1.82) is 5.41 Å². The predicted octanol–water partition coefficient (Wildman–Crippen LogP) is 2.28. The first-order valence-corrected chi connectivity index (χ1v) is 7.81. The van der Waals surface area contributed by atoms with E-state index in [1.807, 2.05) is 4.81 Å². The van der Waals surface area contributed by atoms with Gasteiger partial charge in [-0.1, -0.05) is 0 Å². The van der Waals surface area contributed by atoms with Gasteiger partial charge in [-0.25, -0.2) is 8.78 Å². The molecule has 1 aliphatic heterocycles. The molecule has 2 N–H and O–H groups in total. The van der Waals surface area contributed by atoms with Gasteiger partial charge in [-0.3, -0.25) is 0 Å². The Hall–Kier alpha value is -1.47. The van der Waals surface area contributed by atoms with Gasteiger partial charge in [-0.15, -0.1) is 0 Å². The average Bonchev–Trinajstić information content (AvgIpc) is 2.52. The quantitative estimate of drug-likeness (QED) is 0.460. The van der Waals surface area contributed by atoms with Crippen LogP contribution < -0.4 is 4.74 Å². The number of nitrogens with zero attached hydrogens (tertiary/aromatic N) is 1. The van der Waals surface area contributed by atoms with E-state index >= 15 is 0 Å². The highest BCUT2D eigenvalue weighted by molar-refractivity contribution is 6.04. The number of ether oxygens (including phenoxy) is 1. The van der Waals surface area contributed by atoms with E-state index in [1.54, 1.807) is 0 Å². The van der Waals surface area contributed by atoms with Gasteiger partial charge in [0.15, 0.2) is 7.98 Å². The lowest BCUT2D eigenvalue weighted by atomic mass is 9.91. The van der Waals surface area contributed by atoms with Crippen molar-refractivity contribution in [3.63, 3.8) is 0 Å². The van der Waals surface area contributed by atoms with Crippen molar-refractivity contribution in [2.75, 3.05) is 26.3 Å². The third-order valence-electron chi connectivity index (χ3n) is 4.15. The van der Waals surface area contributed by atoms with Crippen LogP contribution in [0.3, 0.4) is 0 Å². The first kappa shape index (κ1) is 17.9. The van der Waals surface area contributed by atoms with Crippen LogP contribution in [-0.2, 0) is 0 Å². The molecule has 0 spiro atoms. The lowest BCUT2D eigenvalue weighted by Gasteiger charge is -2.29. The van der Waals surface area contributed by atoms with Crippen LogP contribution in [0.1, 0.15) is 31.2 Å². The third-order valence-corrected chi connectivity index (χ3v) is 4.15. The van der Waals surface area contributed by atoms with E-state index in [0.717, 1.165) is 50.9 Å². The van der Waals surface area contributed by atoms with E-state index < -0.39 is 29.5 Å². The molecule has 0 aromatic heterocycles. The van der Waals surface area contributed by atoms with Gasteiger partial charge >= 0.3 is 0 Å². The minimum absolute atomic E-state index is 0.103. The Bertz CT molecular complexity index is 526. The molecule has 23 heavy (non-hydrogen) atoms. The fourth-order valence-corrected chi connectivity index (χ4v) is 2.80. The molecule has 1 saturated heterocycles. The molecule has 1 fully saturated rings. The van der Waals surface area contributed by atoms with E-state index in [0.29, 0.717) is 12.5 Å². The molecule has 4 nitrogen and oxygen atoms in total. The number of rotatable bonds is 7. The molecule has 1 heterocycles. The molecule has 7 heteroatoms. The summed E-state index contributed by atoms with van der Waals surface area (Å²) in [6.45, 7) is 1.48. The van der Waals surface area contributed by atoms with Gasteiger partial charge in [0.1, 0.15) is 17.4 Å². The maximum atomic E-state index is 13.8. The number of hydrogen-bond acceptors (Lipinski definition) is 4. The number of aliphatic hydroxyl groups is 1. The highest BCUT2D eigenvalue weighted by atomic mass is 19.1. The van der Waals surface area contributed by atoms with E-state index in [1.165, 1.54) is 0 Å². The zero-order chi connectivity index (χ0) is 16.8. The number of benzene rings is 1. The summed E-state index contributed by atoms with van der Waals surface area (Å²) in [5.74, 6) is -1.06. The molecule has 0 atom stereocenters. The molecule has 2 radical (unpaired) electrons. The summed E-state index contributed by atoms with van der Waals surface area (Å²) in [4.78, 5) is 1.82. The molecule has 1 aliphatic rings. The first-order valence-electron chi connectivity index (χ1n) is 7.81. The summed E-state index contributed by atoms with van der Waals surface area (Å²) < 4.78 is 33.0. The monoisotopic (exact) mass is 322 g/mol. The van der Waals surface area contributed by atoms with E-state index in [2.05, 4.69) is 0 Å². The van der Waals surface area contributed by atoms with Crippen LogP contribution in [0.25, 0.3) is 0 Å². The molecule has 0 saturated carbocycles. The molecule has 0 aliphatic carbocycles. The summed E-state index contributed by atoms with van der Waals surface area (Å²) in [6, 6.07) is 2.10. The molecule has 1 aromatic rings. The first-order chi connectivity index (χ1) is 11.0. The van der Waals surface area contributed by atoms with Gasteiger partial charge in [0.05, 0.1) is 24.5 Å². The summed E-state index contributed by atoms with van der Waals surface area (Å²) in [6.07, 6.45) is 3.95. The summed E-state index contributed by atoms with van der Waals surface area (Å²) in [5.41, 5.74) is -0.994. The van der Waals surface area contributed by atoms with Crippen molar-refractivity contribution >= 4 is 13.7 Å². The fraction of sp³-hybridized carbons (Fsp3) is 0.562. The van der Waals surface area contributed by atoms with Crippen molar-refractivity contribution in [2.24, 2.45) is 5.92 Å². The molecule has 0 amide bonds. The van der Waals surface area contributed by atoms with Crippen LogP contribution >= 0.6 is 0 Å². The summed E-state index contributed by atoms with van der Waals surface area (Å²) >= 11 is 0. The Balaban J connectivity index is 1.81. The van der Waals surface area contributed by atoms with Gasteiger partial charge < -0.3 is 20.1 Å². The van der Waals surface area contributed by atoms with Crippen LogP contribution in [0.5, 0.6) is 5.75 Å². The average molecular weight is 322 g/mol. The van der Waals surface area contributed by atoms with Gasteiger partial charge in [0.25, 0.3) is 0 Å². The Morgan fingerprint density at radius 2 is 1.91 bits per heavy atom. The van der Waals surface area contributed by atoms with Crippen LogP contribution in [-0.4, -0.2) is 49.9 Å². The van der Waals surface area contributed by atoms with Gasteiger partial charge in [0, 0.05) is 12.1 Å². The molecular weight excluding hydrogens is 301 g/mol. The van der Waals surface area contributed by atoms with Gasteiger partial charge in [0.2, 0.25) is 0 Å². The molecule has 2 rings (SSSR count). The Labute approximate surface area is 136 Å². The zero-order valence-corrected chi connectivity index (χ0v) is 13.0. The summed E-state index contributed by atoms with van der Waals surface area (Å²) in [5, 5.41) is 16.2. The van der Waals surface area contributed by atoms with Gasteiger partial charge in [-0.2, -0.15) is 0 Å². The number of halogens is 2. The largest absolute Gasteiger partial charge is 0.493 e. The minimum Gasteiger partial charge on any atom is -0.493 e. The highest BCUT2D eigenvalue weighted by Crippen LogP contribution is 2.23. The minimum atomic E-state index is -0.894. The molecular formula is C16H21BF2N2O2. The summed E-state index contributed by atoms with van der Waals surface area (Å²) in [7, 11) is 5.71. The SMILES string of the molecule is [B]N1CCC(CCCOc2cc(F)c(C(=N)CO)c(F)c2)CC1. The smallest absolute Gasteiger partial charge is 0.182 e. The van der Waals surface area contributed by atoms with Gasteiger partial charge in [-0.05, 0) is 44.7 Å². The topological polar surface area (TPSA) is 56.5 Å². The number of nitrogens with one attached hydrogen (secondary N) is 1. The van der Waals surface area contributed by atoms with Crippen LogP contribution in [0.15, 0.2) is 12.1 Å². The molecule has 0 bridgehead atoms. The van der Waals surface area contributed by atoms with E-state index in [-0.39, 0.29) is 5.75 Å². The van der Waals surface area contributed by atoms with Crippen LogP contribution in [0, 0.1) is 23.0 Å². The Kier molecular flexibility index (Phi) is 6.53. The van der Waals surface area contributed by atoms with Crippen LogP contribution in [0.4, 0.5) is 8.78 Å². The fourth-order valence-electron chi connectivity index (χ4n) is 2.80. The van der Waals surface area contributed by atoms with E-state index in [4.69, 9.17) is 23.2 Å². The van der Waals surface area contributed by atoms with Crippen molar-refractivity contribution < 1.29 is 18.6 Å². The number of piperidine rings is 1. The maximum Gasteiger partial charge on any atom is 0.182 e. The number of aliphatic hydroxyl groups excluding tert-OH is 1. The normalized spacial score (nSPS) is 16.5. The molecule has 124 valence electrons. The number of hydrogen-bond donors (Lipinski definition) is 2. The molecule has 1 aromatic carbocycles. The third kappa shape index (κ3) is 5.01. The lowest BCUT2D eigenvalue weighted by Crippen LogP contribution is -2.31.